The molecule has 1 aromatic carbocycles. The van der Waals surface area contributed by atoms with Crippen LogP contribution < -0.4 is 0 Å². The maximum Gasteiger partial charge on any atom is 0.317 e. The summed E-state index contributed by atoms with van der Waals surface area (Å²) in [5.74, 6) is -1.37. The maximum absolute atomic E-state index is 10.6. The van der Waals surface area contributed by atoms with Gasteiger partial charge in [-0.25, -0.2) is 0 Å². The van der Waals surface area contributed by atoms with Crippen LogP contribution in [0.25, 0.3) is 0 Å². The molecule has 0 spiro atoms. The van der Waals surface area contributed by atoms with Gasteiger partial charge in [0.15, 0.2) is 0 Å². The molecule has 0 radical (unpaired) electrons. The van der Waals surface area contributed by atoms with E-state index in [4.69, 9.17) is 10.2 Å². The van der Waals surface area contributed by atoms with E-state index in [1.54, 1.807) is 11.8 Å². The summed E-state index contributed by atoms with van der Waals surface area (Å²) in [6.45, 7) is 1.94. The van der Waals surface area contributed by atoms with Gasteiger partial charge in [-0.2, -0.15) is 0 Å². The van der Waals surface area contributed by atoms with Gasteiger partial charge in [0.2, 0.25) is 0 Å². The van der Waals surface area contributed by atoms with E-state index in [-0.39, 0.29) is 13.1 Å². The summed E-state index contributed by atoms with van der Waals surface area (Å²) in [6, 6.07) is 8.01. The SMILES string of the molecule is Cc1ccc(SCCN(CC(=O)O)CC(=O)O)cc1. The molecule has 0 saturated heterocycles. The third kappa shape index (κ3) is 6.83. The standard InChI is InChI=1S/C13H17NO4S/c1-10-2-4-11(5-3-10)19-7-6-14(8-12(15)16)9-13(17)18/h2-5H,6-9H2,1H3,(H,15,16)(H,17,18). The van der Waals surface area contributed by atoms with Crippen LogP contribution in [0.4, 0.5) is 0 Å². The van der Waals surface area contributed by atoms with E-state index in [9.17, 15) is 9.59 Å². The van der Waals surface area contributed by atoms with Crippen molar-refractivity contribution < 1.29 is 19.8 Å². The normalized spacial score (nSPS) is 10.6. The van der Waals surface area contributed by atoms with Crippen LogP contribution in [0.5, 0.6) is 0 Å². The number of aryl methyl sites for hydroxylation is 1. The number of thioether (sulfide) groups is 1. The Morgan fingerprint density at radius 2 is 1.63 bits per heavy atom. The highest BCUT2D eigenvalue weighted by Crippen LogP contribution is 2.18. The Balaban J connectivity index is 2.40. The molecule has 19 heavy (non-hydrogen) atoms. The minimum Gasteiger partial charge on any atom is -0.480 e. The molecule has 104 valence electrons. The molecule has 0 amide bonds. The van der Waals surface area contributed by atoms with Gasteiger partial charge in [0, 0.05) is 17.2 Å². The molecule has 0 aliphatic carbocycles. The lowest BCUT2D eigenvalue weighted by Crippen LogP contribution is -2.36. The maximum atomic E-state index is 10.6. The van der Waals surface area contributed by atoms with Crippen molar-refractivity contribution in [1.29, 1.82) is 0 Å². The van der Waals surface area contributed by atoms with Crippen molar-refractivity contribution in [2.45, 2.75) is 11.8 Å². The van der Waals surface area contributed by atoms with Crippen LogP contribution in [0.1, 0.15) is 5.56 Å². The molecule has 0 saturated carbocycles. The largest absolute Gasteiger partial charge is 0.480 e. The highest BCUT2D eigenvalue weighted by Gasteiger charge is 2.12. The van der Waals surface area contributed by atoms with Crippen molar-refractivity contribution >= 4 is 23.7 Å². The number of carboxylic acid groups (broad SMARTS) is 2. The smallest absolute Gasteiger partial charge is 0.317 e. The van der Waals surface area contributed by atoms with Gasteiger partial charge < -0.3 is 10.2 Å². The van der Waals surface area contributed by atoms with E-state index in [0.29, 0.717) is 12.3 Å². The Morgan fingerprint density at radius 3 is 2.11 bits per heavy atom. The summed E-state index contributed by atoms with van der Waals surface area (Å²) in [5, 5.41) is 17.4. The fraction of sp³-hybridized carbons (Fsp3) is 0.385. The summed E-state index contributed by atoms with van der Waals surface area (Å²) in [6.07, 6.45) is 0. The van der Waals surface area contributed by atoms with E-state index in [1.807, 2.05) is 31.2 Å². The van der Waals surface area contributed by atoms with Crippen molar-refractivity contribution in [1.82, 2.24) is 4.90 Å². The molecule has 0 heterocycles. The summed E-state index contributed by atoms with van der Waals surface area (Å²) >= 11 is 1.58. The van der Waals surface area contributed by atoms with Gasteiger partial charge in [-0.05, 0) is 19.1 Å². The summed E-state index contributed by atoms with van der Waals surface area (Å²) < 4.78 is 0. The Labute approximate surface area is 116 Å². The number of hydrogen-bond donors (Lipinski definition) is 2. The summed E-state index contributed by atoms with van der Waals surface area (Å²) in [4.78, 5) is 23.7. The van der Waals surface area contributed by atoms with Crippen molar-refractivity contribution in [3.05, 3.63) is 29.8 Å². The Bertz CT molecular complexity index is 417. The molecular weight excluding hydrogens is 266 g/mol. The highest BCUT2D eigenvalue weighted by atomic mass is 32.2. The average molecular weight is 283 g/mol. The number of rotatable bonds is 8. The van der Waals surface area contributed by atoms with Gasteiger partial charge in [-0.15, -0.1) is 11.8 Å². The second-order valence-corrected chi connectivity index (χ2v) is 5.33. The number of aliphatic carboxylic acids is 2. The van der Waals surface area contributed by atoms with Crippen LogP contribution >= 0.6 is 11.8 Å². The molecule has 0 aliphatic rings. The summed E-state index contributed by atoms with van der Waals surface area (Å²) in [7, 11) is 0. The lowest BCUT2D eigenvalue weighted by molar-refractivity contribution is -0.141. The molecule has 2 N–H and O–H groups in total. The molecule has 5 nitrogen and oxygen atoms in total. The monoisotopic (exact) mass is 283 g/mol. The number of hydrogen-bond acceptors (Lipinski definition) is 4. The number of carboxylic acids is 2. The van der Waals surface area contributed by atoms with Crippen LogP contribution in [0.3, 0.4) is 0 Å². The van der Waals surface area contributed by atoms with Gasteiger partial charge >= 0.3 is 11.9 Å². The van der Waals surface area contributed by atoms with Crippen molar-refractivity contribution in [2.75, 3.05) is 25.4 Å². The quantitative estimate of drug-likeness (QED) is 0.705. The predicted molar refractivity (Wildman–Crippen MR) is 73.6 cm³/mol. The number of nitrogens with zero attached hydrogens (tertiary/aromatic N) is 1. The zero-order valence-electron chi connectivity index (χ0n) is 10.7. The molecular formula is C13H17NO4S. The van der Waals surface area contributed by atoms with E-state index in [1.165, 1.54) is 10.5 Å². The second kappa shape index (κ2) is 7.81. The van der Waals surface area contributed by atoms with Crippen LogP contribution in [-0.2, 0) is 9.59 Å². The Morgan fingerprint density at radius 1 is 1.11 bits per heavy atom. The summed E-state index contributed by atoms with van der Waals surface area (Å²) in [5.41, 5.74) is 1.18. The van der Waals surface area contributed by atoms with E-state index < -0.39 is 11.9 Å². The molecule has 6 heteroatoms. The van der Waals surface area contributed by atoms with Gasteiger partial charge in [0.25, 0.3) is 0 Å². The van der Waals surface area contributed by atoms with Crippen LogP contribution in [0, 0.1) is 6.92 Å². The molecule has 0 unspecified atom stereocenters. The molecule has 0 aliphatic heterocycles. The van der Waals surface area contributed by atoms with Gasteiger partial charge in [0.1, 0.15) is 0 Å². The van der Waals surface area contributed by atoms with Crippen LogP contribution in [0.15, 0.2) is 29.2 Å². The second-order valence-electron chi connectivity index (χ2n) is 4.16. The first kappa shape index (κ1) is 15.5. The zero-order chi connectivity index (χ0) is 14.3. The van der Waals surface area contributed by atoms with Gasteiger partial charge in [-0.3, -0.25) is 14.5 Å². The zero-order valence-corrected chi connectivity index (χ0v) is 11.5. The molecule has 1 aromatic rings. The van der Waals surface area contributed by atoms with Crippen LogP contribution in [0.2, 0.25) is 0 Å². The molecule has 0 bridgehead atoms. The van der Waals surface area contributed by atoms with Gasteiger partial charge in [0.05, 0.1) is 13.1 Å². The third-order valence-electron chi connectivity index (χ3n) is 2.41. The molecule has 0 fully saturated rings. The van der Waals surface area contributed by atoms with Gasteiger partial charge in [-0.1, -0.05) is 17.7 Å². The first-order chi connectivity index (χ1) is 8.97. The first-order valence-electron chi connectivity index (χ1n) is 5.83. The number of benzene rings is 1. The average Bonchev–Trinajstić information content (AvgIpc) is 2.30. The molecule has 0 atom stereocenters. The van der Waals surface area contributed by atoms with E-state index >= 15 is 0 Å². The minimum absolute atomic E-state index is 0.249. The first-order valence-corrected chi connectivity index (χ1v) is 6.81. The third-order valence-corrected chi connectivity index (χ3v) is 3.41. The minimum atomic E-state index is -1.01. The lowest BCUT2D eigenvalue weighted by Gasteiger charge is -2.17. The van der Waals surface area contributed by atoms with E-state index in [0.717, 1.165) is 4.90 Å². The lowest BCUT2D eigenvalue weighted by atomic mass is 10.2. The number of carbonyl (C=O) groups is 2. The van der Waals surface area contributed by atoms with E-state index in [2.05, 4.69) is 0 Å². The fourth-order valence-corrected chi connectivity index (χ4v) is 2.44. The van der Waals surface area contributed by atoms with Crippen LogP contribution in [-0.4, -0.2) is 52.4 Å². The topological polar surface area (TPSA) is 77.8 Å². The fourth-order valence-electron chi connectivity index (χ4n) is 1.52. The Kier molecular flexibility index (Phi) is 6.38. The van der Waals surface area contributed by atoms with Crippen molar-refractivity contribution in [3.63, 3.8) is 0 Å². The highest BCUT2D eigenvalue weighted by molar-refractivity contribution is 7.99. The van der Waals surface area contributed by atoms with Crippen molar-refractivity contribution in [2.24, 2.45) is 0 Å². The molecule has 0 aromatic heterocycles. The Hall–Kier alpha value is -1.53. The molecule has 1 rings (SSSR count). The van der Waals surface area contributed by atoms with Crippen molar-refractivity contribution in [3.8, 4) is 0 Å². The predicted octanol–water partition coefficient (Wildman–Crippen LogP) is 1.56.